The molecule has 1 heterocycles. The smallest absolute Gasteiger partial charge is 0.285 e. The first-order valence-electron chi connectivity index (χ1n) is 7.21. The zero-order valence-corrected chi connectivity index (χ0v) is 14.0. The highest BCUT2D eigenvalue weighted by molar-refractivity contribution is 7.90. The maximum absolute atomic E-state index is 12.7. The summed E-state index contributed by atoms with van der Waals surface area (Å²) >= 11 is 0. The third kappa shape index (κ3) is 3.09. The number of benzene rings is 2. The molecule has 25 heavy (non-hydrogen) atoms. The lowest BCUT2D eigenvalue weighted by atomic mass is 10.1. The quantitative estimate of drug-likeness (QED) is 0.565. The number of hydrogen-bond acceptors (Lipinski definition) is 6. The van der Waals surface area contributed by atoms with Crippen LogP contribution in [0.25, 0.3) is 11.3 Å². The summed E-state index contributed by atoms with van der Waals surface area (Å²) in [6, 6.07) is 13.5. The number of nitrogen functional groups attached to an aromatic ring is 1. The van der Waals surface area contributed by atoms with Gasteiger partial charge in [-0.1, -0.05) is 35.9 Å². The van der Waals surface area contributed by atoms with Crippen molar-refractivity contribution in [1.29, 1.82) is 0 Å². The maximum Gasteiger partial charge on any atom is 0.285 e. The molecule has 0 spiro atoms. The minimum absolute atomic E-state index is 0.0814. The molecule has 128 valence electrons. The summed E-state index contributed by atoms with van der Waals surface area (Å²) < 4.78 is 26.1. The van der Waals surface area contributed by atoms with Crippen molar-refractivity contribution in [3.05, 3.63) is 70.3 Å². The number of aromatic nitrogens is 2. The number of nitrogens with two attached hydrogens (primary N) is 1. The van der Waals surface area contributed by atoms with Crippen molar-refractivity contribution in [1.82, 2.24) is 9.19 Å². The summed E-state index contributed by atoms with van der Waals surface area (Å²) in [6.45, 7) is 1.93. The van der Waals surface area contributed by atoms with Crippen molar-refractivity contribution in [2.75, 3.05) is 5.73 Å². The van der Waals surface area contributed by atoms with Gasteiger partial charge in [0.15, 0.2) is 0 Å². The second-order valence-corrected chi connectivity index (χ2v) is 7.19. The lowest BCUT2D eigenvalue weighted by Gasteiger charge is -2.06. The van der Waals surface area contributed by atoms with Crippen LogP contribution in [-0.2, 0) is 10.0 Å². The van der Waals surface area contributed by atoms with E-state index in [0.29, 0.717) is 15.3 Å². The van der Waals surface area contributed by atoms with Crippen molar-refractivity contribution in [3.8, 4) is 11.3 Å². The summed E-state index contributed by atoms with van der Waals surface area (Å²) in [5, 5.41) is 14.9. The molecule has 9 heteroatoms. The Morgan fingerprint density at radius 1 is 1.12 bits per heavy atom. The maximum atomic E-state index is 12.7. The molecule has 3 aromatic rings. The highest BCUT2D eigenvalue weighted by Gasteiger charge is 2.24. The van der Waals surface area contributed by atoms with Crippen LogP contribution < -0.4 is 5.73 Å². The molecule has 0 fully saturated rings. The highest BCUT2D eigenvalue weighted by Crippen LogP contribution is 2.25. The van der Waals surface area contributed by atoms with Gasteiger partial charge in [-0.3, -0.25) is 10.1 Å². The van der Waals surface area contributed by atoms with E-state index in [2.05, 4.69) is 5.10 Å². The Labute approximate surface area is 143 Å². The Kier molecular flexibility index (Phi) is 4.01. The van der Waals surface area contributed by atoms with Gasteiger partial charge in [-0.15, -0.1) is 4.09 Å². The minimum atomic E-state index is -4.14. The van der Waals surface area contributed by atoms with Crippen molar-refractivity contribution in [3.63, 3.8) is 0 Å². The van der Waals surface area contributed by atoms with Crippen LogP contribution in [-0.4, -0.2) is 22.5 Å². The van der Waals surface area contributed by atoms with E-state index in [4.69, 9.17) is 5.73 Å². The molecule has 8 nitrogen and oxygen atoms in total. The molecule has 3 rings (SSSR count). The number of nitro groups is 1. The molecule has 0 saturated carbocycles. The van der Waals surface area contributed by atoms with Crippen LogP contribution in [0.5, 0.6) is 0 Å². The first kappa shape index (κ1) is 16.7. The average Bonchev–Trinajstić information content (AvgIpc) is 2.98. The molecule has 2 aromatic carbocycles. The van der Waals surface area contributed by atoms with Gasteiger partial charge in [-0.05, 0) is 13.0 Å². The fraction of sp³-hybridized carbons (Fsp3) is 0.0625. The summed E-state index contributed by atoms with van der Waals surface area (Å²) in [7, 11) is -4.14. The van der Waals surface area contributed by atoms with Crippen LogP contribution in [0.2, 0.25) is 0 Å². The Hall–Kier alpha value is -3.20. The number of anilines is 1. The zero-order chi connectivity index (χ0) is 18.2. The molecule has 2 N–H and O–H groups in total. The van der Waals surface area contributed by atoms with Crippen molar-refractivity contribution in [2.24, 2.45) is 0 Å². The van der Waals surface area contributed by atoms with Gasteiger partial charge >= 0.3 is 0 Å². The third-order valence-corrected chi connectivity index (χ3v) is 5.20. The van der Waals surface area contributed by atoms with E-state index in [-0.39, 0.29) is 16.4 Å². The fourth-order valence-electron chi connectivity index (χ4n) is 2.30. The van der Waals surface area contributed by atoms with Crippen LogP contribution in [0.3, 0.4) is 0 Å². The molecule has 0 aliphatic heterocycles. The van der Waals surface area contributed by atoms with E-state index in [1.165, 1.54) is 24.3 Å². The van der Waals surface area contributed by atoms with E-state index >= 15 is 0 Å². The monoisotopic (exact) mass is 358 g/mol. The Morgan fingerprint density at radius 2 is 1.80 bits per heavy atom. The van der Waals surface area contributed by atoms with Gasteiger partial charge in [0.25, 0.3) is 15.7 Å². The molecule has 0 aliphatic carbocycles. The van der Waals surface area contributed by atoms with Crippen LogP contribution in [0, 0.1) is 17.0 Å². The predicted molar refractivity (Wildman–Crippen MR) is 92.5 cm³/mol. The van der Waals surface area contributed by atoms with Gasteiger partial charge in [-0.2, -0.15) is 13.5 Å². The first-order valence-corrected chi connectivity index (χ1v) is 8.65. The predicted octanol–water partition coefficient (Wildman–Crippen LogP) is 2.59. The van der Waals surface area contributed by atoms with Crippen molar-refractivity contribution < 1.29 is 13.3 Å². The van der Waals surface area contributed by atoms with E-state index in [0.717, 1.165) is 11.6 Å². The van der Waals surface area contributed by atoms with Gasteiger partial charge in [0, 0.05) is 23.8 Å². The van der Waals surface area contributed by atoms with E-state index in [1.54, 1.807) is 12.1 Å². The van der Waals surface area contributed by atoms with Crippen molar-refractivity contribution >= 4 is 21.5 Å². The molecule has 0 saturated heterocycles. The van der Waals surface area contributed by atoms with E-state index in [9.17, 15) is 18.5 Å². The average molecular weight is 358 g/mol. The molecule has 0 aliphatic rings. The lowest BCUT2D eigenvalue weighted by Crippen LogP contribution is -2.17. The molecule has 0 atom stereocenters. The second kappa shape index (κ2) is 6.02. The number of non-ortho nitro benzene ring substituents is 1. The lowest BCUT2D eigenvalue weighted by molar-refractivity contribution is -0.385. The zero-order valence-electron chi connectivity index (χ0n) is 13.2. The number of aryl methyl sites for hydroxylation is 1. The fourth-order valence-corrected chi connectivity index (χ4v) is 3.54. The Balaban J connectivity index is 2.08. The standard InChI is InChI=1S/C16H14N4O4S/c1-11-5-7-12(8-6-11)15-10-16(17)19(18-15)25(23,24)14-4-2-3-13(9-14)20(21)22/h2-10H,17H2,1H3. The van der Waals surface area contributed by atoms with Crippen LogP contribution in [0.4, 0.5) is 11.5 Å². The largest absolute Gasteiger partial charge is 0.383 e. The summed E-state index contributed by atoms with van der Waals surface area (Å²) in [5.41, 5.74) is 7.65. The normalized spacial score (nSPS) is 11.4. The molecular formula is C16H14N4O4S. The molecular weight excluding hydrogens is 344 g/mol. The number of nitro benzene ring substituents is 1. The first-order chi connectivity index (χ1) is 11.8. The molecule has 0 bridgehead atoms. The van der Waals surface area contributed by atoms with Crippen LogP contribution in [0.1, 0.15) is 5.56 Å². The van der Waals surface area contributed by atoms with Crippen molar-refractivity contribution in [2.45, 2.75) is 11.8 Å². The van der Waals surface area contributed by atoms with Gasteiger partial charge in [0.2, 0.25) is 0 Å². The molecule has 0 amide bonds. The number of hydrogen-bond donors (Lipinski definition) is 1. The van der Waals surface area contributed by atoms with Gasteiger partial charge < -0.3 is 5.73 Å². The molecule has 0 radical (unpaired) electrons. The van der Waals surface area contributed by atoms with E-state index < -0.39 is 14.9 Å². The topological polar surface area (TPSA) is 121 Å². The SMILES string of the molecule is Cc1ccc(-c2cc(N)n(S(=O)(=O)c3cccc([N+](=O)[O-])c3)n2)cc1. The minimum Gasteiger partial charge on any atom is -0.383 e. The second-order valence-electron chi connectivity index (χ2n) is 5.42. The Bertz CT molecular complexity index is 1060. The molecule has 0 unspecified atom stereocenters. The highest BCUT2D eigenvalue weighted by atomic mass is 32.2. The van der Waals surface area contributed by atoms with Gasteiger partial charge in [-0.25, -0.2) is 0 Å². The molecule has 1 aromatic heterocycles. The summed E-state index contributed by atoms with van der Waals surface area (Å²) in [5.74, 6) is -0.0814. The van der Waals surface area contributed by atoms with Crippen LogP contribution in [0.15, 0.2) is 59.5 Å². The summed E-state index contributed by atoms with van der Waals surface area (Å²) in [6.07, 6.45) is 0. The van der Waals surface area contributed by atoms with Crippen LogP contribution >= 0.6 is 0 Å². The number of nitrogens with zero attached hydrogens (tertiary/aromatic N) is 3. The van der Waals surface area contributed by atoms with Gasteiger partial charge in [0.05, 0.1) is 15.5 Å². The van der Waals surface area contributed by atoms with Gasteiger partial charge in [0.1, 0.15) is 5.82 Å². The summed E-state index contributed by atoms with van der Waals surface area (Å²) in [4.78, 5) is 9.94. The number of rotatable bonds is 4. The van der Waals surface area contributed by atoms with E-state index in [1.807, 2.05) is 19.1 Å². The third-order valence-electron chi connectivity index (χ3n) is 3.61. The Morgan fingerprint density at radius 3 is 2.44 bits per heavy atom.